The van der Waals surface area contributed by atoms with Crippen molar-refractivity contribution in [3.8, 4) is 0 Å². The van der Waals surface area contributed by atoms with Gasteiger partial charge in [-0.05, 0) is 95.4 Å². The number of carbonyl (C=O) groups is 1. The van der Waals surface area contributed by atoms with Gasteiger partial charge < -0.3 is 24.6 Å². The fourth-order valence-electron chi connectivity index (χ4n) is 7.51. The lowest BCUT2D eigenvalue weighted by molar-refractivity contribution is -0.125. The van der Waals surface area contributed by atoms with Gasteiger partial charge in [0.25, 0.3) is 0 Å². The Balaban J connectivity index is 1.29. The number of piperidine rings is 1. The van der Waals surface area contributed by atoms with Gasteiger partial charge in [-0.3, -0.25) is 9.69 Å². The molecule has 1 aromatic carbocycles. The van der Waals surface area contributed by atoms with Gasteiger partial charge in [0, 0.05) is 30.4 Å². The summed E-state index contributed by atoms with van der Waals surface area (Å²) in [6, 6.07) is 7.32. The topological polar surface area (TPSA) is 74.3 Å². The summed E-state index contributed by atoms with van der Waals surface area (Å²) in [7, 11) is -0.442. The highest BCUT2D eigenvalue weighted by molar-refractivity contribution is 6.62. The number of aliphatic hydroxyl groups excluding tert-OH is 1. The number of carbonyl (C=O) groups excluding carboxylic acids is 1. The van der Waals surface area contributed by atoms with E-state index in [2.05, 4.69) is 74.9 Å². The molecule has 202 valence electrons. The van der Waals surface area contributed by atoms with Crippen LogP contribution in [-0.4, -0.2) is 78.6 Å². The molecule has 1 aliphatic carbocycles. The smallest absolute Gasteiger partial charge is 0.399 e. The highest BCUT2D eigenvalue weighted by Crippen LogP contribution is 2.51. The van der Waals surface area contributed by atoms with E-state index < -0.39 is 23.7 Å². The van der Waals surface area contributed by atoms with Crippen molar-refractivity contribution in [3.63, 3.8) is 0 Å². The Kier molecular flexibility index (Phi) is 5.95. The van der Waals surface area contributed by atoms with E-state index >= 15 is 0 Å². The second-order valence-electron chi connectivity index (χ2n) is 14.0. The van der Waals surface area contributed by atoms with Crippen LogP contribution >= 0.6 is 0 Å². The van der Waals surface area contributed by atoms with E-state index in [0.29, 0.717) is 6.04 Å². The van der Waals surface area contributed by atoms with Crippen molar-refractivity contribution in [1.29, 1.82) is 0 Å². The fraction of sp³-hybridized carbons (Fsp3) is 0.759. The summed E-state index contributed by atoms with van der Waals surface area (Å²) in [5.41, 5.74) is 2.21. The van der Waals surface area contributed by atoms with E-state index in [1.54, 1.807) is 0 Å². The number of nitrogens with one attached hydrogen (secondary N) is 1. The molecule has 1 saturated carbocycles. The second kappa shape index (κ2) is 8.53. The molecule has 0 aromatic heterocycles. The summed E-state index contributed by atoms with van der Waals surface area (Å²) in [4.78, 5) is 18.9. The summed E-state index contributed by atoms with van der Waals surface area (Å²) < 4.78 is 12.7. The molecule has 1 amide bonds. The number of aliphatic hydroxyl groups is 1. The van der Waals surface area contributed by atoms with Crippen LogP contribution in [0.3, 0.4) is 0 Å². The molecular weight excluding hydrogens is 465 g/mol. The first-order valence-corrected chi connectivity index (χ1v) is 14.3. The van der Waals surface area contributed by atoms with Crippen molar-refractivity contribution in [2.75, 3.05) is 31.1 Å². The third-order valence-electron chi connectivity index (χ3n) is 10.4. The number of rotatable bonds is 4. The van der Waals surface area contributed by atoms with Gasteiger partial charge >= 0.3 is 7.12 Å². The van der Waals surface area contributed by atoms with Gasteiger partial charge in [-0.1, -0.05) is 26.0 Å². The van der Waals surface area contributed by atoms with Crippen LogP contribution in [0.25, 0.3) is 0 Å². The minimum Gasteiger partial charge on any atom is -0.399 e. The van der Waals surface area contributed by atoms with Gasteiger partial charge in [-0.25, -0.2) is 0 Å². The van der Waals surface area contributed by atoms with Crippen LogP contribution in [0.5, 0.6) is 0 Å². The normalized spacial score (nSPS) is 33.7. The molecule has 4 aliphatic heterocycles. The van der Waals surface area contributed by atoms with Crippen molar-refractivity contribution in [3.05, 3.63) is 23.8 Å². The number of amides is 1. The first-order chi connectivity index (χ1) is 17.4. The molecule has 3 saturated heterocycles. The van der Waals surface area contributed by atoms with Crippen molar-refractivity contribution >= 4 is 24.2 Å². The molecule has 37 heavy (non-hydrogen) atoms. The fourth-order valence-corrected chi connectivity index (χ4v) is 7.51. The highest BCUT2D eigenvalue weighted by atomic mass is 16.7. The van der Waals surface area contributed by atoms with Gasteiger partial charge in [0.2, 0.25) is 5.91 Å². The van der Waals surface area contributed by atoms with Crippen LogP contribution in [0.2, 0.25) is 0 Å². The standard InChI is InChI=1S/C29H44BN3O4/c1-26(2)16-22(17-34)32(18-26)20-14-21(15-20)33-24-13-19(30-36-27(3,4)28(5,6)37-30)7-8-23(24)29(25(33)35)9-11-31-12-10-29/h7-8,13,20-22,31,34H,9-12,14-18H2,1-6H3/t20-,21+,22-/m0/s1. The van der Waals surface area contributed by atoms with Crippen molar-refractivity contribution in [2.24, 2.45) is 5.41 Å². The quantitative estimate of drug-likeness (QED) is 0.608. The summed E-state index contributed by atoms with van der Waals surface area (Å²) in [6.07, 6.45) is 4.64. The van der Waals surface area contributed by atoms with Crippen LogP contribution in [0.1, 0.15) is 79.2 Å². The van der Waals surface area contributed by atoms with E-state index in [0.717, 1.165) is 62.9 Å². The van der Waals surface area contributed by atoms with E-state index in [1.807, 2.05) is 0 Å². The predicted octanol–water partition coefficient (Wildman–Crippen LogP) is 2.58. The minimum absolute atomic E-state index is 0.196. The lowest BCUT2D eigenvalue weighted by Crippen LogP contribution is -2.58. The summed E-state index contributed by atoms with van der Waals surface area (Å²) >= 11 is 0. The molecule has 6 rings (SSSR count). The SMILES string of the molecule is CC1(C)C[C@@H](CO)N([C@H]2C[C@@H](N3C(=O)C4(CCNCC4)c4ccc(B5OC(C)(C)C(C)(C)O5)cc43)C2)C1. The molecule has 4 fully saturated rings. The molecule has 4 heterocycles. The Morgan fingerprint density at radius 3 is 2.30 bits per heavy atom. The molecule has 0 radical (unpaired) electrons. The van der Waals surface area contributed by atoms with E-state index in [4.69, 9.17) is 9.31 Å². The first-order valence-electron chi connectivity index (χ1n) is 14.3. The lowest BCUT2D eigenvalue weighted by atomic mass is 9.72. The maximum absolute atomic E-state index is 14.2. The zero-order valence-electron chi connectivity index (χ0n) is 23.5. The van der Waals surface area contributed by atoms with Gasteiger partial charge in [-0.2, -0.15) is 0 Å². The van der Waals surface area contributed by atoms with Gasteiger partial charge in [0.1, 0.15) is 0 Å². The van der Waals surface area contributed by atoms with Crippen LogP contribution in [0.4, 0.5) is 5.69 Å². The highest BCUT2D eigenvalue weighted by Gasteiger charge is 2.57. The molecule has 8 heteroatoms. The largest absolute Gasteiger partial charge is 0.494 e. The van der Waals surface area contributed by atoms with Crippen LogP contribution in [0, 0.1) is 5.41 Å². The number of likely N-dealkylation sites (tertiary alicyclic amines) is 1. The third-order valence-corrected chi connectivity index (χ3v) is 10.4. The number of nitrogens with zero attached hydrogens (tertiary/aromatic N) is 2. The molecule has 5 aliphatic rings. The number of hydrogen-bond donors (Lipinski definition) is 2. The Hall–Kier alpha value is -1.45. The second-order valence-corrected chi connectivity index (χ2v) is 14.0. The third kappa shape index (κ3) is 3.93. The number of hydrogen-bond acceptors (Lipinski definition) is 6. The Morgan fingerprint density at radius 1 is 1.03 bits per heavy atom. The van der Waals surface area contributed by atoms with E-state index in [9.17, 15) is 9.90 Å². The molecule has 1 spiro atoms. The molecular formula is C29H44BN3O4. The molecule has 2 N–H and O–H groups in total. The Morgan fingerprint density at radius 2 is 1.68 bits per heavy atom. The predicted molar refractivity (Wildman–Crippen MR) is 146 cm³/mol. The summed E-state index contributed by atoms with van der Waals surface area (Å²) in [6.45, 7) is 15.9. The van der Waals surface area contributed by atoms with Crippen molar-refractivity contribution in [1.82, 2.24) is 10.2 Å². The molecule has 0 unspecified atom stereocenters. The van der Waals surface area contributed by atoms with Crippen LogP contribution in [0.15, 0.2) is 18.2 Å². The minimum atomic E-state index is -0.442. The van der Waals surface area contributed by atoms with Crippen molar-refractivity contribution in [2.45, 2.75) is 108 Å². The van der Waals surface area contributed by atoms with Crippen LogP contribution < -0.4 is 15.7 Å². The maximum atomic E-state index is 14.2. The monoisotopic (exact) mass is 509 g/mol. The Labute approximate surface area is 222 Å². The molecule has 1 atom stereocenters. The number of benzene rings is 1. The summed E-state index contributed by atoms with van der Waals surface area (Å²) in [5, 5.41) is 13.5. The molecule has 7 nitrogen and oxygen atoms in total. The molecule has 0 bridgehead atoms. The van der Waals surface area contributed by atoms with Gasteiger partial charge in [0.05, 0.1) is 23.2 Å². The van der Waals surface area contributed by atoms with Gasteiger partial charge in [-0.15, -0.1) is 0 Å². The van der Waals surface area contributed by atoms with E-state index in [1.165, 1.54) is 5.56 Å². The van der Waals surface area contributed by atoms with Crippen LogP contribution in [-0.2, 0) is 19.5 Å². The average molecular weight is 510 g/mol. The molecule has 1 aromatic rings. The zero-order valence-corrected chi connectivity index (χ0v) is 23.5. The maximum Gasteiger partial charge on any atom is 0.494 e. The van der Waals surface area contributed by atoms with E-state index in [-0.39, 0.29) is 30.0 Å². The summed E-state index contributed by atoms with van der Waals surface area (Å²) in [5.74, 6) is 0.277. The first kappa shape index (κ1) is 25.8. The Bertz CT molecular complexity index is 1060. The number of anilines is 1. The van der Waals surface area contributed by atoms with Gasteiger partial charge in [0.15, 0.2) is 0 Å². The van der Waals surface area contributed by atoms with Crippen molar-refractivity contribution < 1.29 is 19.2 Å². The lowest BCUT2D eigenvalue weighted by Gasteiger charge is -2.47. The number of fused-ring (bicyclic) bond motifs is 2. The average Bonchev–Trinajstić information content (AvgIpc) is 3.33. The zero-order chi connectivity index (χ0) is 26.4.